The summed E-state index contributed by atoms with van der Waals surface area (Å²) in [7, 11) is 0. The average Bonchev–Trinajstić information content (AvgIpc) is 3.24. The minimum Gasteiger partial charge on any atom is -0.486 e. The molecule has 1 unspecified atom stereocenters. The van der Waals surface area contributed by atoms with E-state index in [1.54, 1.807) is 0 Å². The molecule has 0 saturated heterocycles. The van der Waals surface area contributed by atoms with E-state index in [0.717, 1.165) is 24.0 Å². The van der Waals surface area contributed by atoms with E-state index < -0.39 is 0 Å². The standard InChI is InChI=1S/C15H20N2O2/c1-10-8-16-12-6-14-15(19-5-4-18-14)7-13(12)17(10)9-11-2-3-11/h6-7,10-11,16H,2-5,8-9H2,1H3. The summed E-state index contributed by atoms with van der Waals surface area (Å²) < 4.78 is 11.4. The summed E-state index contributed by atoms with van der Waals surface area (Å²) in [6, 6.07) is 4.78. The normalized spacial score (nSPS) is 24.7. The Morgan fingerprint density at radius 2 is 1.95 bits per heavy atom. The molecule has 1 fully saturated rings. The molecular weight excluding hydrogens is 240 g/mol. The lowest BCUT2D eigenvalue weighted by atomic mass is 10.1. The van der Waals surface area contributed by atoms with Gasteiger partial charge in [-0.1, -0.05) is 0 Å². The van der Waals surface area contributed by atoms with Crippen LogP contribution in [0.5, 0.6) is 11.5 Å². The predicted octanol–water partition coefficient (Wildman–Crippen LogP) is 2.49. The van der Waals surface area contributed by atoms with Gasteiger partial charge in [0, 0.05) is 31.3 Å². The lowest BCUT2D eigenvalue weighted by Crippen LogP contribution is -2.43. The average molecular weight is 260 g/mol. The first-order valence-corrected chi connectivity index (χ1v) is 7.25. The van der Waals surface area contributed by atoms with Gasteiger partial charge >= 0.3 is 0 Å². The van der Waals surface area contributed by atoms with Gasteiger partial charge in [0.15, 0.2) is 11.5 Å². The lowest BCUT2D eigenvalue weighted by molar-refractivity contribution is 0.171. The van der Waals surface area contributed by atoms with Gasteiger partial charge in [-0.15, -0.1) is 0 Å². The topological polar surface area (TPSA) is 33.7 Å². The first-order chi connectivity index (χ1) is 9.31. The number of hydrogen-bond donors (Lipinski definition) is 1. The van der Waals surface area contributed by atoms with E-state index >= 15 is 0 Å². The highest BCUT2D eigenvalue weighted by atomic mass is 16.6. The molecule has 1 aromatic carbocycles. The number of hydrogen-bond acceptors (Lipinski definition) is 4. The van der Waals surface area contributed by atoms with Crippen LogP contribution >= 0.6 is 0 Å². The Kier molecular flexibility index (Phi) is 2.50. The van der Waals surface area contributed by atoms with Crippen LogP contribution in [0.15, 0.2) is 12.1 Å². The highest BCUT2D eigenvalue weighted by Gasteiger charge is 2.31. The first kappa shape index (κ1) is 11.3. The Hall–Kier alpha value is -1.58. The molecule has 0 aromatic heterocycles. The van der Waals surface area contributed by atoms with Crippen molar-refractivity contribution in [2.45, 2.75) is 25.8 Å². The SMILES string of the molecule is CC1CNc2cc3c(cc2N1CC1CC1)OCCO3. The summed E-state index contributed by atoms with van der Waals surface area (Å²) in [4.78, 5) is 2.53. The maximum Gasteiger partial charge on any atom is 0.163 e. The van der Waals surface area contributed by atoms with E-state index in [-0.39, 0.29) is 0 Å². The molecule has 19 heavy (non-hydrogen) atoms. The second kappa shape index (κ2) is 4.22. The zero-order chi connectivity index (χ0) is 12.8. The van der Waals surface area contributed by atoms with Gasteiger partial charge in [0.1, 0.15) is 13.2 Å². The van der Waals surface area contributed by atoms with Gasteiger partial charge in [-0.25, -0.2) is 0 Å². The van der Waals surface area contributed by atoms with Crippen LogP contribution in [-0.2, 0) is 0 Å². The Morgan fingerprint density at radius 1 is 1.21 bits per heavy atom. The second-order valence-electron chi connectivity index (χ2n) is 5.84. The van der Waals surface area contributed by atoms with Gasteiger partial charge in [0.25, 0.3) is 0 Å². The second-order valence-corrected chi connectivity index (χ2v) is 5.84. The molecule has 1 aliphatic carbocycles. The molecule has 1 N–H and O–H groups in total. The Labute approximate surface area is 113 Å². The highest BCUT2D eigenvalue weighted by Crippen LogP contribution is 2.43. The van der Waals surface area contributed by atoms with Gasteiger partial charge in [0.05, 0.1) is 11.4 Å². The number of nitrogens with one attached hydrogen (secondary N) is 1. The van der Waals surface area contributed by atoms with Crippen LogP contribution in [-0.4, -0.2) is 32.3 Å². The maximum atomic E-state index is 5.71. The molecule has 3 aliphatic rings. The van der Waals surface area contributed by atoms with Crippen molar-refractivity contribution in [2.24, 2.45) is 5.92 Å². The van der Waals surface area contributed by atoms with Crippen LogP contribution < -0.4 is 19.7 Å². The van der Waals surface area contributed by atoms with Gasteiger partial charge < -0.3 is 19.7 Å². The van der Waals surface area contributed by atoms with Crippen molar-refractivity contribution in [3.8, 4) is 11.5 Å². The molecule has 0 bridgehead atoms. The third kappa shape index (κ3) is 1.99. The van der Waals surface area contributed by atoms with E-state index in [1.165, 1.54) is 30.8 Å². The van der Waals surface area contributed by atoms with Crippen LogP contribution in [0.2, 0.25) is 0 Å². The van der Waals surface area contributed by atoms with Crippen molar-refractivity contribution in [1.82, 2.24) is 0 Å². The van der Waals surface area contributed by atoms with Gasteiger partial charge in [0.2, 0.25) is 0 Å². The van der Waals surface area contributed by atoms with Crippen LogP contribution in [0.3, 0.4) is 0 Å². The quantitative estimate of drug-likeness (QED) is 0.886. The smallest absolute Gasteiger partial charge is 0.163 e. The van der Waals surface area contributed by atoms with Crippen molar-refractivity contribution in [2.75, 3.05) is 36.5 Å². The molecule has 1 aromatic rings. The van der Waals surface area contributed by atoms with E-state index in [1.807, 2.05) is 0 Å². The number of anilines is 2. The molecule has 102 valence electrons. The molecule has 2 heterocycles. The maximum absolute atomic E-state index is 5.71. The van der Waals surface area contributed by atoms with E-state index in [0.29, 0.717) is 19.3 Å². The van der Waals surface area contributed by atoms with Crippen LogP contribution in [0.1, 0.15) is 19.8 Å². The molecule has 0 radical (unpaired) electrons. The van der Waals surface area contributed by atoms with Crippen molar-refractivity contribution in [3.05, 3.63) is 12.1 Å². The minimum atomic E-state index is 0.538. The summed E-state index contributed by atoms with van der Waals surface area (Å²) >= 11 is 0. The summed E-state index contributed by atoms with van der Waals surface area (Å²) in [6.45, 7) is 5.76. The van der Waals surface area contributed by atoms with E-state index in [9.17, 15) is 0 Å². The zero-order valence-electron chi connectivity index (χ0n) is 11.3. The van der Waals surface area contributed by atoms with Crippen molar-refractivity contribution in [3.63, 3.8) is 0 Å². The van der Waals surface area contributed by atoms with E-state index in [4.69, 9.17) is 9.47 Å². The number of ether oxygens (including phenoxy) is 2. The fourth-order valence-corrected chi connectivity index (χ4v) is 2.92. The Balaban J connectivity index is 1.72. The van der Waals surface area contributed by atoms with Crippen molar-refractivity contribution in [1.29, 1.82) is 0 Å². The molecule has 2 aliphatic heterocycles. The number of nitrogens with zero attached hydrogens (tertiary/aromatic N) is 1. The first-order valence-electron chi connectivity index (χ1n) is 7.25. The molecule has 1 saturated carbocycles. The molecule has 4 nitrogen and oxygen atoms in total. The third-order valence-electron chi connectivity index (χ3n) is 4.24. The number of rotatable bonds is 2. The molecule has 0 amide bonds. The summed E-state index contributed by atoms with van der Waals surface area (Å²) in [5.41, 5.74) is 2.46. The largest absolute Gasteiger partial charge is 0.486 e. The van der Waals surface area contributed by atoms with Crippen LogP contribution in [0.4, 0.5) is 11.4 Å². The summed E-state index contributed by atoms with van der Waals surface area (Å²) in [5, 5.41) is 3.51. The number of benzene rings is 1. The van der Waals surface area contributed by atoms with Crippen LogP contribution in [0, 0.1) is 5.92 Å². The molecule has 0 spiro atoms. The van der Waals surface area contributed by atoms with Crippen LogP contribution in [0.25, 0.3) is 0 Å². The van der Waals surface area contributed by atoms with E-state index in [2.05, 4.69) is 29.3 Å². The van der Waals surface area contributed by atoms with Gasteiger partial charge in [-0.3, -0.25) is 0 Å². The molecule has 4 heteroatoms. The Morgan fingerprint density at radius 3 is 2.68 bits per heavy atom. The lowest BCUT2D eigenvalue weighted by Gasteiger charge is -2.38. The predicted molar refractivity (Wildman–Crippen MR) is 75.5 cm³/mol. The number of fused-ring (bicyclic) bond motifs is 2. The fourth-order valence-electron chi connectivity index (χ4n) is 2.92. The van der Waals surface area contributed by atoms with Crippen molar-refractivity contribution >= 4 is 11.4 Å². The third-order valence-corrected chi connectivity index (χ3v) is 4.24. The Bertz CT molecular complexity index is 499. The van der Waals surface area contributed by atoms with Gasteiger partial charge in [-0.2, -0.15) is 0 Å². The minimum absolute atomic E-state index is 0.538. The molecule has 1 atom stereocenters. The fraction of sp³-hybridized carbons (Fsp3) is 0.600. The zero-order valence-corrected chi connectivity index (χ0v) is 11.3. The monoisotopic (exact) mass is 260 g/mol. The van der Waals surface area contributed by atoms with Crippen molar-refractivity contribution < 1.29 is 9.47 Å². The highest BCUT2D eigenvalue weighted by molar-refractivity contribution is 5.77. The summed E-state index contributed by atoms with van der Waals surface area (Å²) in [6.07, 6.45) is 2.77. The van der Waals surface area contributed by atoms with Gasteiger partial charge in [-0.05, 0) is 25.7 Å². The molecular formula is C15H20N2O2. The summed E-state index contributed by atoms with van der Waals surface area (Å²) in [5.74, 6) is 2.65. The molecule has 4 rings (SSSR count).